The fourth-order valence-electron chi connectivity index (χ4n) is 1.93. The largest absolute Gasteiger partial charge is 0.0910 e. The minimum Gasteiger partial charge on any atom is -0.0910 e. The highest BCUT2D eigenvalue weighted by atomic mass is 14.2. The van der Waals surface area contributed by atoms with Gasteiger partial charge in [0.1, 0.15) is 0 Å². The summed E-state index contributed by atoms with van der Waals surface area (Å²) in [7, 11) is 0. The summed E-state index contributed by atoms with van der Waals surface area (Å²) in [6.45, 7) is 8.86. The third-order valence-corrected chi connectivity index (χ3v) is 2.62. The van der Waals surface area contributed by atoms with Crippen LogP contribution in [0, 0.1) is 11.8 Å². The van der Waals surface area contributed by atoms with Gasteiger partial charge in [-0.3, -0.25) is 0 Å². The topological polar surface area (TPSA) is 0 Å². The van der Waals surface area contributed by atoms with E-state index >= 15 is 0 Å². The molecule has 0 radical (unpaired) electrons. The smallest absolute Gasteiger partial charge is 0.00195 e. The van der Waals surface area contributed by atoms with Crippen molar-refractivity contribution >= 4 is 0 Å². The first-order valence-corrected chi connectivity index (χ1v) is 5.15. The van der Waals surface area contributed by atoms with Crippen LogP contribution in [-0.4, -0.2) is 0 Å². The van der Waals surface area contributed by atoms with Gasteiger partial charge in [-0.2, -0.15) is 0 Å². The SMILES string of the molecule is CC=CC1CC(C)=CC=C1C(C)C. The van der Waals surface area contributed by atoms with Crippen LogP contribution in [-0.2, 0) is 0 Å². The second-order valence-corrected chi connectivity index (χ2v) is 4.17. The molecule has 0 N–H and O–H groups in total. The van der Waals surface area contributed by atoms with Gasteiger partial charge in [-0.25, -0.2) is 0 Å². The highest BCUT2D eigenvalue weighted by Gasteiger charge is 2.16. The number of allylic oxidation sites excluding steroid dienone is 6. The van der Waals surface area contributed by atoms with Gasteiger partial charge in [-0.1, -0.05) is 49.3 Å². The van der Waals surface area contributed by atoms with Crippen LogP contribution in [0.15, 0.2) is 35.5 Å². The van der Waals surface area contributed by atoms with Gasteiger partial charge >= 0.3 is 0 Å². The van der Waals surface area contributed by atoms with Crippen LogP contribution in [0.4, 0.5) is 0 Å². The second kappa shape index (κ2) is 4.45. The van der Waals surface area contributed by atoms with Crippen molar-refractivity contribution in [2.24, 2.45) is 11.8 Å². The van der Waals surface area contributed by atoms with Crippen LogP contribution in [0.3, 0.4) is 0 Å². The van der Waals surface area contributed by atoms with E-state index in [9.17, 15) is 0 Å². The minimum absolute atomic E-state index is 0.648. The summed E-state index contributed by atoms with van der Waals surface area (Å²) in [6.07, 6.45) is 10.2. The molecule has 0 aromatic rings. The molecular formula is C13H20. The van der Waals surface area contributed by atoms with Crippen LogP contribution >= 0.6 is 0 Å². The molecule has 0 fully saturated rings. The summed E-state index contributed by atoms with van der Waals surface area (Å²) >= 11 is 0. The average molecular weight is 176 g/mol. The van der Waals surface area contributed by atoms with Crippen LogP contribution in [0.2, 0.25) is 0 Å². The molecule has 0 aromatic heterocycles. The molecule has 0 spiro atoms. The van der Waals surface area contributed by atoms with Crippen molar-refractivity contribution in [1.29, 1.82) is 0 Å². The molecule has 1 atom stereocenters. The molecule has 72 valence electrons. The summed E-state index contributed by atoms with van der Waals surface area (Å²) in [4.78, 5) is 0. The van der Waals surface area contributed by atoms with Gasteiger partial charge in [0.25, 0.3) is 0 Å². The van der Waals surface area contributed by atoms with Crippen molar-refractivity contribution in [3.63, 3.8) is 0 Å². The first-order chi connectivity index (χ1) is 6.15. The summed E-state index contributed by atoms with van der Waals surface area (Å²) in [5.41, 5.74) is 3.07. The van der Waals surface area contributed by atoms with Crippen molar-refractivity contribution in [2.75, 3.05) is 0 Å². The molecule has 0 aromatic carbocycles. The lowest BCUT2D eigenvalue weighted by Gasteiger charge is -2.23. The Hall–Kier alpha value is -0.780. The molecule has 0 nitrogen and oxygen atoms in total. The van der Waals surface area contributed by atoms with Crippen molar-refractivity contribution in [3.8, 4) is 0 Å². The molecule has 1 rings (SSSR count). The van der Waals surface area contributed by atoms with Gasteiger partial charge in [-0.15, -0.1) is 0 Å². The fourth-order valence-corrected chi connectivity index (χ4v) is 1.93. The van der Waals surface area contributed by atoms with Crippen LogP contribution < -0.4 is 0 Å². The normalized spacial score (nSPS) is 23.6. The highest BCUT2D eigenvalue weighted by molar-refractivity contribution is 5.29. The fraction of sp³-hybridized carbons (Fsp3) is 0.538. The van der Waals surface area contributed by atoms with E-state index in [4.69, 9.17) is 0 Å². The monoisotopic (exact) mass is 176 g/mol. The summed E-state index contributed by atoms with van der Waals surface area (Å²) < 4.78 is 0. The standard InChI is InChI=1S/C13H20/c1-5-6-12-9-11(4)7-8-13(12)10(2)3/h5-8,10,12H,9H2,1-4H3. The lowest BCUT2D eigenvalue weighted by Crippen LogP contribution is -2.10. The molecule has 0 saturated carbocycles. The lowest BCUT2D eigenvalue weighted by atomic mass is 9.82. The van der Waals surface area contributed by atoms with E-state index in [1.54, 1.807) is 5.57 Å². The molecule has 0 heterocycles. The maximum atomic E-state index is 2.32. The van der Waals surface area contributed by atoms with Gasteiger partial charge in [-0.05, 0) is 26.2 Å². The molecule has 0 amide bonds. The Balaban J connectivity index is 2.86. The van der Waals surface area contributed by atoms with Crippen molar-refractivity contribution in [2.45, 2.75) is 34.1 Å². The Morgan fingerprint density at radius 2 is 2.08 bits per heavy atom. The van der Waals surface area contributed by atoms with E-state index in [1.807, 2.05) is 0 Å². The highest BCUT2D eigenvalue weighted by Crippen LogP contribution is 2.30. The van der Waals surface area contributed by atoms with Crippen molar-refractivity contribution < 1.29 is 0 Å². The molecule has 1 aliphatic rings. The first-order valence-electron chi connectivity index (χ1n) is 5.15. The van der Waals surface area contributed by atoms with Gasteiger partial charge in [0.15, 0.2) is 0 Å². The molecule has 0 aliphatic heterocycles. The number of rotatable bonds is 2. The van der Waals surface area contributed by atoms with E-state index in [0.29, 0.717) is 11.8 Å². The van der Waals surface area contributed by atoms with Crippen LogP contribution in [0.5, 0.6) is 0 Å². The zero-order valence-corrected chi connectivity index (χ0v) is 9.17. The predicted octanol–water partition coefficient (Wildman–Crippen LogP) is 4.11. The summed E-state index contributed by atoms with van der Waals surface area (Å²) in [5.74, 6) is 1.32. The predicted molar refractivity (Wildman–Crippen MR) is 59.6 cm³/mol. The van der Waals surface area contributed by atoms with Crippen LogP contribution in [0.1, 0.15) is 34.1 Å². The molecule has 1 unspecified atom stereocenters. The number of hydrogen-bond donors (Lipinski definition) is 0. The Morgan fingerprint density at radius 3 is 2.62 bits per heavy atom. The Bertz CT molecular complexity index is 251. The number of hydrogen-bond acceptors (Lipinski definition) is 0. The van der Waals surface area contributed by atoms with Gasteiger partial charge in [0.05, 0.1) is 0 Å². The maximum Gasteiger partial charge on any atom is 0.00195 e. The zero-order chi connectivity index (χ0) is 9.84. The minimum atomic E-state index is 0.648. The maximum absolute atomic E-state index is 2.32. The van der Waals surface area contributed by atoms with E-state index in [2.05, 4.69) is 52.0 Å². The lowest BCUT2D eigenvalue weighted by molar-refractivity contribution is 0.614. The van der Waals surface area contributed by atoms with Gasteiger partial charge in [0.2, 0.25) is 0 Å². The summed E-state index contributed by atoms with van der Waals surface area (Å²) in [6, 6.07) is 0. The first kappa shape index (κ1) is 10.3. The second-order valence-electron chi connectivity index (χ2n) is 4.17. The van der Waals surface area contributed by atoms with E-state index < -0.39 is 0 Å². The van der Waals surface area contributed by atoms with Gasteiger partial charge in [0, 0.05) is 5.92 Å². The van der Waals surface area contributed by atoms with Crippen LogP contribution in [0.25, 0.3) is 0 Å². The quantitative estimate of drug-likeness (QED) is 0.555. The third-order valence-electron chi connectivity index (χ3n) is 2.62. The molecular weight excluding hydrogens is 156 g/mol. The van der Waals surface area contributed by atoms with Crippen molar-refractivity contribution in [3.05, 3.63) is 35.5 Å². The third kappa shape index (κ3) is 2.58. The summed E-state index contributed by atoms with van der Waals surface area (Å²) in [5, 5.41) is 0. The Morgan fingerprint density at radius 1 is 1.38 bits per heavy atom. The molecule has 0 saturated heterocycles. The zero-order valence-electron chi connectivity index (χ0n) is 9.17. The van der Waals surface area contributed by atoms with E-state index in [0.717, 1.165) is 0 Å². The Kier molecular flexibility index (Phi) is 3.53. The Labute approximate surface area is 82.0 Å². The molecule has 1 aliphatic carbocycles. The van der Waals surface area contributed by atoms with E-state index in [-0.39, 0.29) is 0 Å². The molecule has 13 heavy (non-hydrogen) atoms. The van der Waals surface area contributed by atoms with Gasteiger partial charge < -0.3 is 0 Å². The van der Waals surface area contributed by atoms with Crippen molar-refractivity contribution in [1.82, 2.24) is 0 Å². The molecule has 0 heteroatoms. The molecule has 0 bridgehead atoms. The average Bonchev–Trinajstić information content (AvgIpc) is 2.04. The van der Waals surface area contributed by atoms with E-state index in [1.165, 1.54) is 12.0 Å².